The Morgan fingerprint density at radius 3 is 2.44 bits per heavy atom. The van der Waals surface area contributed by atoms with Crippen molar-refractivity contribution >= 4 is 44.5 Å². The minimum Gasteiger partial charge on any atom is -0.507 e. The van der Waals surface area contributed by atoms with Crippen molar-refractivity contribution in [2.24, 2.45) is 5.10 Å². The number of halogens is 1. The fourth-order valence-corrected chi connectivity index (χ4v) is 3.85. The lowest BCUT2D eigenvalue weighted by molar-refractivity contribution is -0.384. The number of nitrogens with zero attached hydrogens (tertiary/aromatic N) is 2. The summed E-state index contributed by atoms with van der Waals surface area (Å²) in [6, 6.07) is 20.0. The van der Waals surface area contributed by atoms with Gasteiger partial charge in [0.05, 0.1) is 23.8 Å². The average Bonchev–Trinajstić information content (AvgIpc) is 2.88. The number of amides is 1. The van der Waals surface area contributed by atoms with Crippen LogP contribution in [0.1, 0.15) is 21.5 Å². The topological polar surface area (TPSA) is 123 Å². The molecule has 2 N–H and O–H groups in total. The molecule has 4 rings (SSSR count). The molecule has 9 nitrogen and oxygen atoms in total. The quantitative estimate of drug-likeness (QED) is 0.168. The third-order valence-electron chi connectivity index (χ3n) is 5.30. The SMILES string of the molecule is COc1cc(C=NNC(=O)c2cc3ccccc3cc2O)c(Br)cc1OCc1ccc([N+](=O)[O-])cc1. The third kappa shape index (κ3) is 5.61. The summed E-state index contributed by atoms with van der Waals surface area (Å²) in [6.07, 6.45) is 1.43. The average molecular weight is 550 g/mol. The number of rotatable bonds is 8. The first-order chi connectivity index (χ1) is 17.4. The number of nitro benzene ring substituents is 1. The lowest BCUT2D eigenvalue weighted by atomic mass is 10.1. The maximum Gasteiger partial charge on any atom is 0.275 e. The predicted molar refractivity (Wildman–Crippen MR) is 139 cm³/mol. The van der Waals surface area contributed by atoms with Gasteiger partial charge >= 0.3 is 0 Å². The Balaban J connectivity index is 1.45. The molecule has 182 valence electrons. The Kier molecular flexibility index (Phi) is 7.45. The number of phenolic OH excluding ortho intramolecular Hbond substituents is 1. The van der Waals surface area contributed by atoms with Crippen molar-refractivity contribution in [1.82, 2.24) is 5.43 Å². The van der Waals surface area contributed by atoms with Gasteiger partial charge < -0.3 is 14.6 Å². The molecule has 0 unspecified atom stereocenters. The summed E-state index contributed by atoms with van der Waals surface area (Å²) in [7, 11) is 1.49. The van der Waals surface area contributed by atoms with Gasteiger partial charge in [-0.25, -0.2) is 5.43 Å². The standard InChI is InChI=1S/C26H20BrN3O6/c1-35-24-12-19(22(27)13-25(24)36-15-16-6-8-20(9-7-16)30(33)34)14-28-29-26(32)21-10-17-4-2-3-5-18(17)11-23(21)31/h2-14,31H,15H2,1H3,(H,29,32). The van der Waals surface area contributed by atoms with E-state index in [1.165, 1.54) is 31.5 Å². The number of hydrogen-bond donors (Lipinski definition) is 2. The Morgan fingerprint density at radius 1 is 1.08 bits per heavy atom. The van der Waals surface area contributed by atoms with Crippen molar-refractivity contribution in [2.75, 3.05) is 7.11 Å². The molecular formula is C26H20BrN3O6. The van der Waals surface area contributed by atoms with Crippen molar-refractivity contribution in [3.63, 3.8) is 0 Å². The monoisotopic (exact) mass is 549 g/mol. The number of carbonyl (C=O) groups excluding carboxylic acids is 1. The number of methoxy groups -OCH3 is 1. The van der Waals surface area contributed by atoms with E-state index in [2.05, 4.69) is 26.5 Å². The van der Waals surface area contributed by atoms with Gasteiger partial charge in [-0.3, -0.25) is 14.9 Å². The number of aromatic hydroxyl groups is 1. The highest BCUT2D eigenvalue weighted by Gasteiger charge is 2.13. The van der Waals surface area contributed by atoms with Gasteiger partial charge in [-0.2, -0.15) is 5.10 Å². The van der Waals surface area contributed by atoms with Gasteiger partial charge in [-0.1, -0.05) is 24.3 Å². The van der Waals surface area contributed by atoms with Crippen molar-refractivity contribution < 1.29 is 24.3 Å². The molecule has 0 radical (unpaired) electrons. The van der Waals surface area contributed by atoms with E-state index in [-0.39, 0.29) is 23.6 Å². The summed E-state index contributed by atoms with van der Waals surface area (Å²) in [4.78, 5) is 22.9. The number of benzene rings is 4. The Morgan fingerprint density at radius 2 is 1.78 bits per heavy atom. The van der Waals surface area contributed by atoms with Crippen LogP contribution in [-0.2, 0) is 6.61 Å². The zero-order valence-corrected chi connectivity index (χ0v) is 20.6. The summed E-state index contributed by atoms with van der Waals surface area (Å²) >= 11 is 3.46. The minimum atomic E-state index is -0.555. The first kappa shape index (κ1) is 24.7. The van der Waals surface area contributed by atoms with E-state index >= 15 is 0 Å². The number of phenols is 1. The second-order valence-corrected chi connectivity index (χ2v) is 8.51. The zero-order chi connectivity index (χ0) is 25.7. The highest BCUT2D eigenvalue weighted by atomic mass is 79.9. The van der Waals surface area contributed by atoms with Crippen molar-refractivity contribution in [3.8, 4) is 17.2 Å². The van der Waals surface area contributed by atoms with Gasteiger partial charge in [-0.05, 0) is 68.7 Å². The second-order valence-electron chi connectivity index (χ2n) is 7.65. The molecule has 0 aliphatic heterocycles. The fourth-order valence-electron chi connectivity index (χ4n) is 3.43. The van der Waals surface area contributed by atoms with E-state index < -0.39 is 10.8 Å². The number of fused-ring (bicyclic) bond motifs is 1. The molecule has 0 heterocycles. The van der Waals surface area contributed by atoms with E-state index in [9.17, 15) is 20.0 Å². The van der Waals surface area contributed by atoms with Crippen molar-refractivity contribution in [2.45, 2.75) is 6.61 Å². The minimum absolute atomic E-state index is 0.00522. The van der Waals surface area contributed by atoms with E-state index in [0.29, 0.717) is 21.5 Å². The van der Waals surface area contributed by atoms with Crippen LogP contribution in [0.3, 0.4) is 0 Å². The van der Waals surface area contributed by atoms with Gasteiger partial charge in [0.2, 0.25) is 0 Å². The fraction of sp³-hybridized carbons (Fsp3) is 0.0769. The first-order valence-electron chi connectivity index (χ1n) is 10.6. The molecule has 4 aromatic carbocycles. The predicted octanol–water partition coefficient (Wildman–Crippen LogP) is 5.57. The smallest absolute Gasteiger partial charge is 0.275 e. The molecule has 0 fully saturated rings. The number of carbonyl (C=O) groups is 1. The summed E-state index contributed by atoms with van der Waals surface area (Å²) in [5.41, 5.74) is 3.90. The van der Waals surface area contributed by atoms with Crippen LogP contribution in [0.25, 0.3) is 10.8 Å². The van der Waals surface area contributed by atoms with E-state index in [0.717, 1.165) is 16.3 Å². The van der Waals surface area contributed by atoms with Crippen LogP contribution in [0.2, 0.25) is 0 Å². The molecule has 0 atom stereocenters. The van der Waals surface area contributed by atoms with Crippen LogP contribution in [0.4, 0.5) is 5.69 Å². The molecule has 0 bridgehead atoms. The molecule has 10 heteroatoms. The summed E-state index contributed by atoms with van der Waals surface area (Å²) in [5, 5.41) is 26.7. The molecule has 1 amide bonds. The van der Waals surface area contributed by atoms with Gasteiger partial charge in [0.15, 0.2) is 11.5 Å². The molecular weight excluding hydrogens is 530 g/mol. The Bertz CT molecular complexity index is 1470. The number of ether oxygens (including phenoxy) is 2. The summed E-state index contributed by atoms with van der Waals surface area (Å²) < 4.78 is 11.9. The maximum absolute atomic E-state index is 12.6. The van der Waals surface area contributed by atoms with Crippen LogP contribution >= 0.6 is 15.9 Å². The van der Waals surface area contributed by atoms with Crippen molar-refractivity contribution in [3.05, 3.63) is 104 Å². The molecule has 0 aliphatic carbocycles. The van der Waals surface area contributed by atoms with Gasteiger partial charge in [0, 0.05) is 22.2 Å². The van der Waals surface area contributed by atoms with Crippen LogP contribution < -0.4 is 14.9 Å². The van der Waals surface area contributed by atoms with E-state index in [1.807, 2.05) is 24.3 Å². The highest BCUT2D eigenvalue weighted by molar-refractivity contribution is 9.10. The number of non-ortho nitro benzene ring substituents is 1. The van der Waals surface area contributed by atoms with E-state index in [1.54, 1.807) is 30.3 Å². The highest BCUT2D eigenvalue weighted by Crippen LogP contribution is 2.33. The second kappa shape index (κ2) is 10.9. The van der Waals surface area contributed by atoms with Gasteiger partial charge in [0.1, 0.15) is 12.4 Å². The molecule has 4 aromatic rings. The number of hydrogen-bond acceptors (Lipinski definition) is 7. The van der Waals surface area contributed by atoms with Crippen molar-refractivity contribution in [1.29, 1.82) is 0 Å². The normalized spacial score (nSPS) is 10.9. The Hall–Kier alpha value is -4.44. The summed E-state index contributed by atoms with van der Waals surface area (Å²) in [6.45, 7) is 0.180. The maximum atomic E-state index is 12.6. The molecule has 0 spiro atoms. The summed E-state index contributed by atoms with van der Waals surface area (Å²) in [5.74, 6) is 0.185. The lowest BCUT2D eigenvalue weighted by Crippen LogP contribution is -2.17. The lowest BCUT2D eigenvalue weighted by Gasteiger charge is -2.13. The zero-order valence-electron chi connectivity index (χ0n) is 19.0. The van der Waals surface area contributed by atoms with Crippen LogP contribution in [0, 0.1) is 10.1 Å². The van der Waals surface area contributed by atoms with E-state index in [4.69, 9.17) is 9.47 Å². The van der Waals surface area contributed by atoms with Crippen LogP contribution in [0.15, 0.2) is 82.4 Å². The number of nitro groups is 1. The Labute approximate surface area is 214 Å². The largest absolute Gasteiger partial charge is 0.507 e. The first-order valence-corrected chi connectivity index (χ1v) is 11.4. The molecule has 36 heavy (non-hydrogen) atoms. The molecule has 0 saturated heterocycles. The van der Waals surface area contributed by atoms with Crippen LogP contribution in [0.5, 0.6) is 17.2 Å². The molecule has 0 aromatic heterocycles. The third-order valence-corrected chi connectivity index (χ3v) is 5.99. The van der Waals surface area contributed by atoms with Crippen LogP contribution in [-0.4, -0.2) is 29.3 Å². The molecule has 0 aliphatic rings. The van der Waals surface area contributed by atoms with Gasteiger partial charge in [0.25, 0.3) is 11.6 Å². The number of hydrazone groups is 1. The van der Waals surface area contributed by atoms with Gasteiger partial charge in [-0.15, -0.1) is 0 Å². The molecule has 0 saturated carbocycles. The number of nitrogens with one attached hydrogen (secondary N) is 1.